The molecule has 3 heteroatoms. The zero-order chi connectivity index (χ0) is 10.4. The van der Waals surface area contributed by atoms with Gasteiger partial charge in [-0.15, -0.1) is 0 Å². The van der Waals surface area contributed by atoms with Gasteiger partial charge in [0.1, 0.15) is 17.0 Å². The van der Waals surface area contributed by atoms with Gasteiger partial charge in [-0.3, -0.25) is 0 Å². The fourth-order valence-electron chi connectivity index (χ4n) is 2.16. The molecular weight excluding hydrogens is 206 g/mol. The van der Waals surface area contributed by atoms with Crippen LogP contribution in [-0.4, -0.2) is 11.2 Å². The average Bonchev–Trinajstić information content (AvgIpc) is 2.25. The smallest absolute Gasteiger partial charge is 0.143 e. The maximum atomic E-state index is 5.64. The fraction of sp³-hybridized carbons (Fsp3) is 0.250. The minimum absolute atomic E-state index is 0.712. The van der Waals surface area contributed by atoms with Gasteiger partial charge in [0, 0.05) is 5.39 Å². The molecule has 0 bridgehead atoms. The Labute approximate surface area is 93.1 Å². The molecule has 15 heavy (non-hydrogen) atoms. The summed E-state index contributed by atoms with van der Waals surface area (Å²) < 4.78 is 8.70. The van der Waals surface area contributed by atoms with E-state index in [4.69, 9.17) is 17.0 Å². The number of aromatic nitrogens is 1. The lowest BCUT2D eigenvalue weighted by atomic mass is 10.1. The molecule has 3 rings (SSSR count). The quantitative estimate of drug-likeness (QED) is 0.630. The van der Waals surface area contributed by atoms with Crippen LogP contribution < -0.4 is 4.74 Å². The fourth-order valence-corrected chi connectivity index (χ4v) is 2.51. The molecule has 1 aromatic carbocycles. The Balaban J connectivity index is 2.59. The Morgan fingerprint density at radius 2 is 2.27 bits per heavy atom. The number of aryl methyl sites for hydroxylation is 1. The summed E-state index contributed by atoms with van der Waals surface area (Å²) in [7, 11) is 0. The molecule has 0 atom stereocenters. The molecule has 0 unspecified atom stereocenters. The molecule has 1 aliphatic heterocycles. The third kappa shape index (κ3) is 1.20. The normalized spacial score (nSPS) is 13.9. The Bertz CT molecular complexity index is 600. The van der Waals surface area contributed by atoms with Crippen molar-refractivity contribution in [3.63, 3.8) is 0 Å². The van der Waals surface area contributed by atoms with E-state index >= 15 is 0 Å². The van der Waals surface area contributed by atoms with Gasteiger partial charge in [-0.05, 0) is 24.6 Å². The van der Waals surface area contributed by atoms with Crippen molar-refractivity contribution in [2.75, 3.05) is 6.61 Å². The van der Waals surface area contributed by atoms with Gasteiger partial charge in [0.25, 0.3) is 0 Å². The molecule has 76 valence electrons. The minimum atomic E-state index is 0.712. The Kier molecular flexibility index (Phi) is 1.83. The highest BCUT2D eigenvalue weighted by Gasteiger charge is 2.13. The van der Waals surface area contributed by atoms with Crippen LogP contribution in [0.2, 0.25) is 0 Å². The van der Waals surface area contributed by atoms with Crippen molar-refractivity contribution in [2.24, 2.45) is 0 Å². The van der Waals surface area contributed by atoms with Crippen LogP contribution in [0.1, 0.15) is 5.56 Å². The lowest BCUT2D eigenvalue weighted by Crippen LogP contribution is -2.16. The van der Waals surface area contributed by atoms with E-state index in [1.165, 1.54) is 10.9 Å². The van der Waals surface area contributed by atoms with E-state index in [9.17, 15) is 0 Å². The molecule has 0 amide bonds. The van der Waals surface area contributed by atoms with Crippen molar-refractivity contribution in [2.45, 2.75) is 13.5 Å². The number of nitrogens with zero attached hydrogens (tertiary/aromatic N) is 1. The van der Waals surface area contributed by atoms with E-state index in [0.717, 1.165) is 22.5 Å². The van der Waals surface area contributed by atoms with Crippen molar-refractivity contribution >= 4 is 23.1 Å². The molecule has 2 nitrogen and oxygen atoms in total. The lowest BCUT2D eigenvalue weighted by Gasteiger charge is -2.21. The molecule has 2 aromatic rings. The maximum Gasteiger partial charge on any atom is 0.143 e. The predicted octanol–water partition coefficient (Wildman–Crippen LogP) is 3.07. The second-order valence-corrected chi connectivity index (χ2v) is 4.24. The number of benzene rings is 1. The Hall–Kier alpha value is -1.35. The van der Waals surface area contributed by atoms with Crippen molar-refractivity contribution in [3.8, 4) is 5.75 Å². The van der Waals surface area contributed by atoms with E-state index in [1.807, 2.05) is 12.1 Å². The van der Waals surface area contributed by atoms with E-state index in [1.54, 1.807) is 0 Å². The van der Waals surface area contributed by atoms with Crippen LogP contribution in [0.3, 0.4) is 0 Å². The summed E-state index contributed by atoms with van der Waals surface area (Å²) >= 11 is 5.37. The van der Waals surface area contributed by atoms with E-state index < -0.39 is 0 Å². The van der Waals surface area contributed by atoms with E-state index in [0.29, 0.717) is 6.61 Å². The molecule has 1 aromatic heterocycles. The van der Waals surface area contributed by atoms with E-state index in [-0.39, 0.29) is 0 Å². The van der Waals surface area contributed by atoms with Gasteiger partial charge in [0.05, 0.1) is 12.1 Å². The van der Waals surface area contributed by atoms with Crippen molar-refractivity contribution in [3.05, 3.63) is 34.5 Å². The highest BCUT2D eigenvalue weighted by atomic mass is 32.1. The van der Waals surface area contributed by atoms with Crippen LogP contribution in [0.4, 0.5) is 0 Å². The zero-order valence-electron chi connectivity index (χ0n) is 8.49. The molecule has 0 spiro atoms. The minimum Gasteiger partial charge on any atom is -0.490 e. The molecule has 0 saturated carbocycles. The number of hydrogen-bond donors (Lipinski definition) is 0. The van der Waals surface area contributed by atoms with Crippen molar-refractivity contribution < 1.29 is 4.74 Å². The van der Waals surface area contributed by atoms with Gasteiger partial charge in [0.2, 0.25) is 0 Å². The first-order chi connectivity index (χ1) is 7.27. The number of hydrogen-bond acceptors (Lipinski definition) is 2. The summed E-state index contributed by atoms with van der Waals surface area (Å²) in [6.07, 6.45) is 0. The third-order valence-electron chi connectivity index (χ3n) is 2.87. The second kappa shape index (κ2) is 3.07. The maximum absolute atomic E-state index is 5.64. The number of rotatable bonds is 0. The average molecular weight is 217 g/mol. The van der Waals surface area contributed by atoms with Crippen LogP contribution >= 0.6 is 12.2 Å². The van der Waals surface area contributed by atoms with Crippen LogP contribution in [0.25, 0.3) is 10.9 Å². The third-order valence-corrected chi connectivity index (χ3v) is 3.21. The molecule has 0 N–H and O–H groups in total. The number of para-hydroxylation sites is 1. The standard InChI is InChI=1S/C12H11NOS/c1-8-7-11(15)13-5-6-14-10-4-2-3-9(8)12(10)13/h2-4,7H,5-6H2,1H3. The molecule has 2 heterocycles. The molecule has 0 saturated heterocycles. The monoisotopic (exact) mass is 217 g/mol. The number of ether oxygens (including phenoxy) is 1. The van der Waals surface area contributed by atoms with Gasteiger partial charge in [-0.2, -0.15) is 0 Å². The Morgan fingerprint density at radius 1 is 1.40 bits per heavy atom. The summed E-state index contributed by atoms with van der Waals surface area (Å²) in [6, 6.07) is 8.22. The summed E-state index contributed by atoms with van der Waals surface area (Å²) in [5.41, 5.74) is 2.37. The first kappa shape index (κ1) is 8.92. The SMILES string of the molecule is Cc1cc(=S)n2c3c(cccc13)OCC2. The molecular formula is C12H11NOS. The zero-order valence-corrected chi connectivity index (χ0v) is 9.30. The lowest BCUT2D eigenvalue weighted by molar-refractivity contribution is 0.285. The topological polar surface area (TPSA) is 14.2 Å². The van der Waals surface area contributed by atoms with Gasteiger partial charge in [-0.25, -0.2) is 0 Å². The van der Waals surface area contributed by atoms with E-state index in [2.05, 4.69) is 23.6 Å². The van der Waals surface area contributed by atoms with Gasteiger partial charge in [-0.1, -0.05) is 24.4 Å². The first-order valence-corrected chi connectivity index (χ1v) is 5.44. The second-order valence-electron chi connectivity index (χ2n) is 3.82. The van der Waals surface area contributed by atoms with Gasteiger partial charge in [0.15, 0.2) is 0 Å². The highest BCUT2D eigenvalue weighted by Crippen LogP contribution is 2.30. The van der Waals surface area contributed by atoms with Crippen molar-refractivity contribution in [1.82, 2.24) is 4.57 Å². The Morgan fingerprint density at radius 3 is 3.13 bits per heavy atom. The highest BCUT2D eigenvalue weighted by molar-refractivity contribution is 7.71. The van der Waals surface area contributed by atoms with Crippen molar-refractivity contribution in [1.29, 1.82) is 0 Å². The number of pyridine rings is 1. The summed E-state index contributed by atoms with van der Waals surface area (Å²) in [5, 5.41) is 1.24. The van der Waals surface area contributed by atoms with Crippen LogP contribution in [0.15, 0.2) is 24.3 Å². The molecule has 0 radical (unpaired) electrons. The summed E-state index contributed by atoms with van der Waals surface area (Å²) in [5.74, 6) is 0.952. The molecule has 1 aliphatic rings. The van der Waals surface area contributed by atoms with Crippen LogP contribution in [0.5, 0.6) is 5.75 Å². The van der Waals surface area contributed by atoms with Crippen LogP contribution in [-0.2, 0) is 6.54 Å². The predicted molar refractivity (Wildman–Crippen MR) is 63.0 cm³/mol. The molecule has 0 fully saturated rings. The first-order valence-electron chi connectivity index (χ1n) is 5.03. The van der Waals surface area contributed by atoms with Crippen LogP contribution in [0, 0.1) is 11.6 Å². The summed E-state index contributed by atoms with van der Waals surface area (Å²) in [4.78, 5) is 0. The van der Waals surface area contributed by atoms with Gasteiger partial charge < -0.3 is 9.30 Å². The molecule has 0 aliphatic carbocycles. The summed E-state index contributed by atoms with van der Waals surface area (Å²) in [6.45, 7) is 3.66. The largest absolute Gasteiger partial charge is 0.490 e. The van der Waals surface area contributed by atoms with Gasteiger partial charge >= 0.3 is 0 Å².